The van der Waals surface area contributed by atoms with E-state index in [1.807, 2.05) is 12.1 Å². The van der Waals surface area contributed by atoms with Gasteiger partial charge in [0.05, 0.1) is 14.9 Å². The van der Waals surface area contributed by atoms with Gasteiger partial charge in [-0.1, -0.05) is 18.5 Å². The van der Waals surface area contributed by atoms with E-state index in [-0.39, 0.29) is 0 Å². The maximum atomic E-state index is 5.97. The van der Waals surface area contributed by atoms with Crippen molar-refractivity contribution in [1.29, 1.82) is 0 Å². The topological polar surface area (TPSA) is 24.9 Å². The van der Waals surface area contributed by atoms with Crippen molar-refractivity contribution in [2.75, 3.05) is 6.54 Å². The van der Waals surface area contributed by atoms with Gasteiger partial charge < -0.3 is 5.32 Å². The van der Waals surface area contributed by atoms with Gasteiger partial charge >= 0.3 is 0 Å². The SMILES string of the molecule is CCCNC(C)c1sc(-c2ccc(Cl)s2)nc1C. The van der Waals surface area contributed by atoms with Gasteiger partial charge in [0.2, 0.25) is 0 Å². The lowest BCUT2D eigenvalue weighted by molar-refractivity contribution is 0.575. The first-order valence-electron chi connectivity index (χ1n) is 6.08. The molecule has 0 aliphatic carbocycles. The third-order valence-electron chi connectivity index (χ3n) is 2.71. The van der Waals surface area contributed by atoms with Crippen LogP contribution in [0.3, 0.4) is 0 Å². The first-order valence-corrected chi connectivity index (χ1v) is 8.09. The second-order valence-electron chi connectivity index (χ2n) is 4.25. The maximum Gasteiger partial charge on any atom is 0.133 e. The Hall–Kier alpha value is -0.420. The third-order valence-corrected chi connectivity index (χ3v) is 5.45. The Labute approximate surface area is 121 Å². The summed E-state index contributed by atoms with van der Waals surface area (Å²) in [5, 5.41) is 4.58. The number of thiophene rings is 1. The molecule has 0 amide bonds. The Morgan fingerprint density at radius 1 is 1.39 bits per heavy atom. The predicted molar refractivity (Wildman–Crippen MR) is 81.9 cm³/mol. The summed E-state index contributed by atoms with van der Waals surface area (Å²) in [4.78, 5) is 7.13. The number of nitrogens with zero attached hydrogens (tertiary/aromatic N) is 1. The van der Waals surface area contributed by atoms with E-state index in [0.717, 1.165) is 32.9 Å². The molecular formula is C13H17ClN2S2. The van der Waals surface area contributed by atoms with Crippen LogP contribution in [0.1, 0.15) is 36.9 Å². The molecule has 2 heterocycles. The molecule has 0 saturated carbocycles. The van der Waals surface area contributed by atoms with Crippen molar-refractivity contribution in [3.8, 4) is 9.88 Å². The van der Waals surface area contributed by atoms with Crippen LogP contribution in [0.5, 0.6) is 0 Å². The minimum atomic E-state index is 0.367. The number of hydrogen-bond donors (Lipinski definition) is 1. The van der Waals surface area contributed by atoms with E-state index in [2.05, 4.69) is 31.1 Å². The van der Waals surface area contributed by atoms with Gasteiger partial charge in [-0.2, -0.15) is 0 Å². The van der Waals surface area contributed by atoms with Crippen molar-refractivity contribution in [3.63, 3.8) is 0 Å². The number of thiazole rings is 1. The Morgan fingerprint density at radius 2 is 2.17 bits per heavy atom. The van der Waals surface area contributed by atoms with E-state index in [9.17, 15) is 0 Å². The summed E-state index contributed by atoms with van der Waals surface area (Å²) >= 11 is 9.32. The highest BCUT2D eigenvalue weighted by atomic mass is 35.5. The normalized spacial score (nSPS) is 12.9. The van der Waals surface area contributed by atoms with E-state index in [1.165, 1.54) is 4.88 Å². The second-order valence-corrected chi connectivity index (χ2v) is 6.99. The first-order chi connectivity index (χ1) is 8.61. The first kappa shape index (κ1) is 14.0. The minimum absolute atomic E-state index is 0.367. The Kier molecular flexibility index (Phi) is 4.78. The predicted octanol–water partition coefficient (Wildman–Crippen LogP) is 4.89. The van der Waals surface area contributed by atoms with Crippen LogP contribution in [0.15, 0.2) is 12.1 Å². The van der Waals surface area contributed by atoms with E-state index < -0.39 is 0 Å². The van der Waals surface area contributed by atoms with Crippen LogP contribution >= 0.6 is 34.3 Å². The summed E-state index contributed by atoms with van der Waals surface area (Å²) in [6.45, 7) is 7.49. The Bertz CT molecular complexity index is 519. The zero-order chi connectivity index (χ0) is 13.1. The fraction of sp³-hybridized carbons (Fsp3) is 0.462. The second kappa shape index (κ2) is 6.15. The molecule has 1 atom stereocenters. The van der Waals surface area contributed by atoms with Crippen LogP contribution in [-0.2, 0) is 0 Å². The average Bonchev–Trinajstić information content (AvgIpc) is 2.92. The molecule has 2 aromatic heterocycles. The zero-order valence-corrected chi connectivity index (χ0v) is 13.2. The maximum absolute atomic E-state index is 5.97. The molecule has 18 heavy (non-hydrogen) atoms. The van der Waals surface area contributed by atoms with Gasteiger partial charge in [0.25, 0.3) is 0 Å². The van der Waals surface area contributed by atoms with Gasteiger partial charge in [-0.25, -0.2) is 4.98 Å². The van der Waals surface area contributed by atoms with Gasteiger partial charge in [-0.15, -0.1) is 22.7 Å². The van der Waals surface area contributed by atoms with Crippen molar-refractivity contribution in [2.45, 2.75) is 33.2 Å². The fourth-order valence-electron chi connectivity index (χ4n) is 1.80. The summed E-state index contributed by atoms with van der Waals surface area (Å²) in [6.07, 6.45) is 1.15. The average molecular weight is 301 g/mol. The Morgan fingerprint density at radius 3 is 2.78 bits per heavy atom. The molecule has 0 aliphatic heterocycles. The van der Waals surface area contributed by atoms with Gasteiger partial charge in [-0.05, 0) is 38.9 Å². The van der Waals surface area contributed by atoms with Crippen molar-refractivity contribution in [1.82, 2.24) is 10.3 Å². The summed E-state index contributed by atoms with van der Waals surface area (Å²) < 4.78 is 0.816. The number of aryl methyl sites for hydroxylation is 1. The van der Waals surface area contributed by atoms with Crippen LogP contribution in [0.2, 0.25) is 4.34 Å². The molecule has 0 aliphatic rings. The van der Waals surface area contributed by atoms with E-state index in [1.54, 1.807) is 22.7 Å². The highest BCUT2D eigenvalue weighted by Gasteiger charge is 2.15. The molecule has 0 bridgehead atoms. The lowest BCUT2D eigenvalue weighted by Crippen LogP contribution is -2.18. The molecule has 1 unspecified atom stereocenters. The monoisotopic (exact) mass is 300 g/mol. The molecule has 98 valence electrons. The molecule has 0 saturated heterocycles. The zero-order valence-electron chi connectivity index (χ0n) is 10.8. The molecule has 5 heteroatoms. The van der Waals surface area contributed by atoms with Gasteiger partial charge in [0.1, 0.15) is 5.01 Å². The van der Waals surface area contributed by atoms with Crippen molar-refractivity contribution in [2.24, 2.45) is 0 Å². The number of aromatic nitrogens is 1. The summed E-state index contributed by atoms with van der Waals surface area (Å²) in [5.74, 6) is 0. The van der Waals surface area contributed by atoms with E-state index >= 15 is 0 Å². The number of nitrogens with one attached hydrogen (secondary N) is 1. The summed E-state index contributed by atoms with van der Waals surface area (Å²) in [5.41, 5.74) is 1.12. The number of rotatable bonds is 5. The number of halogens is 1. The van der Waals surface area contributed by atoms with Gasteiger partial charge in [0.15, 0.2) is 0 Å². The van der Waals surface area contributed by atoms with Gasteiger partial charge in [-0.3, -0.25) is 0 Å². The minimum Gasteiger partial charge on any atom is -0.309 e. The van der Waals surface area contributed by atoms with Crippen LogP contribution in [-0.4, -0.2) is 11.5 Å². The molecular weight excluding hydrogens is 284 g/mol. The molecule has 0 radical (unpaired) electrons. The van der Waals surface area contributed by atoms with Crippen LogP contribution < -0.4 is 5.32 Å². The molecule has 1 N–H and O–H groups in total. The molecule has 0 fully saturated rings. The highest BCUT2D eigenvalue weighted by Crippen LogP contribution is 2.36. The molecule has 0 aromatic carbocycles. The lowest BCUT2D eigenvalue weighted by Gasteiger charge is -2.11. The van der Waals surface area contributed by atoms with Crippen LogP contribution in [0.25, 0.3) is 9.88 Å². The van der Waals surface area contributed by atoms with E-state index in [0.29, 0.717) is 6.04 Å². The molecule has 2 nitrogen and oxygen atoms in total. The lowest BCUT2D eigenvalue weighted by atomic mass is 10.2. The fourth-order valence-corrected chi connectivity index (χ4v) is 3.99. The Balaban J connectivity index is 2.21. The summed E-state index contributed by atoms with van der Waals surface area (Å²) in [7, 11) is 0. The largest absolute Gasteiger partial charge is 0.309 e. The smallest absolute Gasteiger partial charge is 0.133 e. The van der Waals surface area contributed by atoms with E-state index in [4.69, 9.17) is 11.6 Å². The van der Waals surface area contributed by atoms with Crippen LogP contribution in [0.4, 0.5) is 0 Å². The summed E-state index contributed by atoms with van der Waals surface area (Å²) in [6, 6.07) is 4.34. The molecule has 2 rings (SSSR count). The van der Waals surface area contributed by atoms with Crippen LogP contribution in [0, 0.1) is 6.92 Å². The standard InChI is InChI=1S/C13H17ClN2S2/c1-4-7-15-8(2)12-9(3)16-13(18-12)10-5-6-11(14)17-10/h5-6,8,15H,4,7H2,1-3H3. The van der Waals surface area contributed by atoms with Crippen molar-refractivity contribution in [3.05, 3.63) is 27.0 Å². The highest BCUT2D eigenvalue weighted by molar-refractivity contribution is 7.23. The van der Waals surface area contributed by atoms with Gasteiger partial charge in [0, 0.05) is 10.9 Å². The quantitative estimate of drug-likeness (QED) is 0.850. The van der Waals surface area contributed by atoms with Crippen molar-refractivity contribution < 1.29 is 0 Å². The third kappa shape index (κ3) is 3.12. The number of hydrogen-bond acceptors (Lipinski definition) is 4. The molecule has 2 aromatic rings. The van der Waals surface area contributed by atoms with Crippen molar-refractivity contribution >= 4 is 34.3 Å². The molecule has 0 spiro atoms.